The lowest BCUT2D eigenvalue weighted by atomic mass is 10.0. The molecule has 1 fully saturated rings. The van der Waals surface area contributed by atoms with Gasteiger partial charge < -0.3 is 15.0 Å². The van der Waals surface area contributed by atoms with Crippen LogP contribution in [0, 0.1) is 0 Å². The number of benzene rings is 1. The van der Waals surface area contributed by atoms with Crippen LogP contribution in [0.1, 0.15) is 24.4 Å². The van der Waals surface area contributed by atoms with Gasteiger partial charge in [-0.3, -0.25) is 4.90 Å². The number of ether oxygens (including phenoxy) is 1. The molecule has 0 bridgehead atoms. The molecule has 0 saturated carbocycles. The van der Waals surface area contributed by atoms with E-state index in [1.807, 2.05) is 29.0 Å². The van der Waals surface area contributed by atoms with E-state index in [4.69, 9.17) is 4.74 Å². The normalized spacial score (nSPS) is 22.6. The van der Waals surface area contributed by atoms with Crippen LogP contribution in [0.25, 0.3) is 0 Å². The minimum Gasteiger partial charge on any atom is -0.378 e. The number of morpholine rings is 1. The standard InChI is InChI=1S/C16H23N3O2/c1-17-14-6-4-8-19(15-7-3-2-5-13(14)15)16(20)18-9-11-21-12-10-18/h2-3,5,7,14,17H,4,6,8-12H2,1H3. The first kappa shape index (κ1) is 14.4. The minimum absolute atomic E-state index is 0.113. The molecule has 0 aliphatic carbocycles. The van der Waals surface area contributed by atoms with Gasteiger partial charge in [0.15, 0.2) is 0 Å². The summed E-state index contributed by atoms with van der Waals surface area (Å²) in [6.45, 7) is 3.44. The highest BCUT2D eigenvalue weighted by atomic mass is 16.5. The van der Waals surface area contributed by atoms with Crippen molar-refractivity contribution in [3.05, 3.63) is 29.8 Å². The summed E-state index contributed by atoms with van der Waals surface area (Å²) in [4.78, 5) is 16.7. The molecular formula is C16H23N3O2. The Hall–Kier alpha value is -1.59. The van der Waals surface area contributed by atoms with Crippen molar-refractivity contribution in [3.8, 4) is 0 Å². The number of nitrogens with one attached hydrogen (secondary N) is 1. The second-order valence-corrected chi connectivity index (χ2v) is 5.58. The summed E-state index contributed by atoms with van der Waals surface area (Å²) in [6.07, 6.45) is 2.07. The molecule has 21 heavy (non-hydrogen) atoms. The monoisotopic (exact) mass is 289 g/mol. The minimum atomic E-state index is 0.113. The zero-order valence-corrected chi connectivity index (χ0v) is 12.5. The lowest BCUT2D eigenvalue weighted by Crippen LogP contribution is -2.48. The molecule has 0 spiro atoms. The SMILES string of the molecule is CNC1CCCN(C(=O)N2CCOCC2)c2ccccc21. The number of urea groups is 1. The number of hydrogen-bond donors (Lipinski definition) is 1. The second kappa shape index (κ2) is 6.45. The Bertz CT molecular complexity index is 500. The topological polar surface area (TPSA) is 44.8 Å². The maximum absolute atomic E-state index is 12.8. The van der Waals surface area contributed by atoms with Crippen molar-refractivity contribution in [2.45, 2.75) is 18.9 Å². The van der Waals surface area contributed by atoms with Gasteiger partial charge in [-0.05, 0) is 31.5 Å². The Kier molecular flexibility index (Phi) is 4.41. The van der Waals surface area contributed by atoms with Crippen molar-refractivity contribution in [3.63, 3.8) is 0 Å². The van der Waals surface area contributed by atoms with E-state index in [0.717, 1.165) is 25.1 Å². The largest absolute Gasteiger partial charge is 0.378 e. The first-order valence-electron chi connectivity index (χ1n) is 7.71. The summed E-state index contributed by atoms with van der Waals surface area (Å²) in [5, 5.41) is 3.37. The smallest absolute Gasteiger partial charge is 0.324 e. The Morgan fingerprint density at radius 3 is 2.76 bits per heavy atom. The Morgan fingerprint density at radius 2 is 2.00 bits per heavy atom. The molecule has 2 aliphatic heterocycles. The summed E-state index contributed by atoms with van der Waals surface area (Å²) in [7, 11) is 1.99. The predicted molar refractivity (Wildman–Crippen MR) is 82.6 cm³/mol. The van der Waals surface area contributed by atoms with E-state index in [2.05, 4.69) is 17.4 Å². The van der Waals surface area contributed by atoms with Gasteiger partial charge in [0.05, 0.1) is 18.9 Å². The fourth-order valence-electron chi connectivity index (χ4n) is 3.18. The number of anilines is 1. The van der Waals surface area contributed by atoms with Gasteiger partial charge in [0.1, 0.15) is 0 Å². The zero-order chi connectivity index (χ0) is 14.7. The molecule has 1 unspecified atom stereocenters. The molecule has 3 rings (SSSR count). The first-order chi connectivity index (χ1) is 10.3. The quantitative estimate of drug-likeness (QED) is 0.860. The molecule has 1 aromatic rings. The van der Waals surface area contributed by atoms with E-state index in [-0.39, 0.29) is 6.03 Å². The molecule has 5 nitrogen and oxygen atoms in total. The lowest BCUT2D eigenvalue weighted by Gasteiger charge is -2.33. The van der Waals surface area contributed by atoms with E-state index in [1.165, 1.54) is 5.56 Å². The zero-order valence-electron chi connectivity index (χ0n) is 12.5. The summed E-state index contributed by atoms with van der Waals surface area (Å²) < 4.78 is 5.34. The molecule has 1 N–H and O–H groups in total. The number of fused-ring (bicyclic) bond motifs is 1. The predicted octanol–water partition coefficient (Wildman–Crippen LogP) is 2.00. The molecule has 2 amide bonds. The van der Waals surface area contributed by atoms with E-state index < -0.39 is 0 Å². The van der Waals surface area contributed by atoms with Gasteiger partial charge in [0, 0.05) is 25.7 Å². The Balaban J connectivity index is 1.89. The second-order valence-electron chi connectivity index (χ2n) is 5.58. The first-order valence-corrected chi connectivity index (χ1v) is 7.71. The van der Waals surface area contributed by atoms with Crippen LogP contribution >= 0.6 is 0 Å². The molecule has 5 heteroatoms. The van der Waals surface area contributed by atoms with Gasteiger partial charge in [0.2, 0.25) is 0 Å². The van der Waals surface area contributed by atoms with Crippen LogP contribution in [0.3, 0.4) is 0 Å². The van der Waals surface area contributed by atoms with Crippen LogP contribution in [0.5, 0.6) is 0 Å². The fraction of sp³-hybridized carbons (Fsp3) is 0.562. The molecular weight excluding hydrogens is 266 g/mol. The van der Waals surface area contributed by atoms with Crippen LogP contribution < -0.4 is 10.2 Å². The number of nitrogens with zero attached hydrogens (tertiary/aromatic N) is 2. The van der Waals surface area contributed by atoms with Gasteiger partial charge in [-0.15, -0.1) is 0 Å². The average molecular weight is 289 g/mol. The maximum Gasteiger partial charge on any atom is 0.324 e. The van der Waals surface area contributed by atoms with Gasteiger partial charge in [-0.2, -0.15) is 0 Å². The van der Waals surface area contributed by atoms with Crippen LogP contribution in [-0.4, -0.2) is 50.8 Å². The number of carbonyl (C=O) groups is 1. The summed E-state index contributed by atoms with van der Waals surface area (Å²) in [6, 6.07) is 8.68. The molecule has 1 aromatic carbocycles. The molecule has 114 valence electrons. The van der Waals surface area contributed by atoms with E-state index in [1.54, 1.807) is 0 Å². The van der Waals surface area contributed by atoms with Crippen molar-refractivity contribution in [1.82, 2.24) is 10.2 Å². The van der Waals surface area contributed by atoms with Gasteiger partial charge in [-0.25, -0.2) is 4.79 Å². The number of para-hydroxylation sites is 1. The summed E-state index contributed by atoms with van der Waals surface area (Å²) in [5.74, 6) is 0. The molecule has 2 heterocycles. The third-order valence-electron chi connectivity index (χ3n) is 4.34. The maximum atomic E-state index is 12.8. The molecule has 2 aliphatic rings. The summed E-state index contributed by atoms with van der Waals surface area (Å²) in [5.41, 5.74) is 2.27. The third kappa shape index (κ3) is 2.89. The highest BCUT2D eigenvalue weighted by Crippen LogP contribution is 2.33. The van der Waals surface area contributed by atoms with Crippen LogP contribution in [0.15, 0.2) is 24.3 Å². The summed E-state index contributed by atoms with van der Waals surface area (Å²) >= 11 is 0. The van der Waals surface area contributed by atoms with E-state index in [0.29, 0.717) is 32.3 Å². The number of hydrogen-bond acceptors (Lipinski definition) is 3. The van der Waals surface area contributed by atoms with Crippen LogP contribution in [0.4, 0.5) is 10.5 Å². The Labute approximate surface area is 125 Å². The number of rotatable bonds is 1. The molecule has 1 atom stereocenters. The van der Waals surface area contributed by atoms with Gasteiger partial charge in [0.25, 0.3) is 0 Å². The Morgan fingerprint density at radius 1 is 1.24 bits per heavy atom. The average Bonchev–Trinajstić information content (AvgIpc) is 2.74. The van der Waals surface area contributed by atoms with Crippen molar-refractivity contribution < 1.29 is 9.53 Å². The molecule has 0 aromatic heterocycles. The lowest BCUT2D eigenvalue weighted by molar-refractivity contribution is 0.0548. The highest BCUT2D eigenvalue weighted by molar-refractivity contribution is 5.93. The van der Waals surface area contributed by atoms with Crippen molar-refractivity contribution in [2.75, 3.05) is 44.8 Å². The van der Waals surface area contributed by atoms with E-state index >= 15 is 0 Å². The van der Waals surface area contributed by atoms with Gasteiger partial charge in [-0.1, -0.05) is 18.2 Å². The van der Waals surface area contributed by atoms with Crippen molar-refractivity contribution in [2.24, 2.45) is 0 Å². The van der Waals surface area contributed by atoms with Crippen LogP contribution in [0.2, 0.25) is 0 Å². The number of amides is 2. The van der Waals surface area contributed by atoms with Crippen LogP contribution in [-0.2, 0) is 4.74 Å². The van der Waals surface area contributed by atoms with Crippen molar-refractivity contribution in [1.29, 1.82) is 0 Å². The highest BCUT2D eigenvalue weighted by Gasteiger charge is 2.29. The van der Waals surface area contributed by atoms with Crippen molar-refractivity contribution >= 4 is 11.7 Å². The third-order valence-corrected chi connectivity index (χ3v) is 4.34. The fourth-order valence-corrected chi connectivity index (χ4v) is 3.18. The van der Waals surface area contributed by atoms with E-state index in [9.17, 15) is 4.79 Å². The molecule has 0 radical (unpaired) electrons. The number of carbonyl (C=O) groups excluding carboxylic acids is 1. The van der Waals surface area contributed by atoms with Gasteiger partial charge >= 0.3 is 6.03 Å². The molecule has 1 saturated heterocycles.